The van der Waals surface area contributed by atoms with E-state index in [-0.39, 0.29) is 0 Å². The van der Waals surface area contributed by atoms with Crippen molar-refractivity contribution in [2.24, 2.45) is 0 Å². The van der Waals surface area contributed by atoms with Crippen molar-refractivity contribution < 1.29 is 0 Å². The highest BCUT2D eigenvalue weighted by Gasteiger charge is 2.07. The smallest absolute Gasteiger partial charge is 0.131 e. The van der Waals surface area contributed by atoms with Crippen LogP contribution in [0.2, 0.25) is 0 Å². The fourth-order valence-electron chi connectivity index (χ4n) is 2.14. The Bertz CT molecular complexity index is 549. The Balaban J connectivity index is 2.15. The lowest BCUT2D eigenvalue weighted by Crippen LogP contribution is -2.18. The summed E-state index contributed by atoms with van der Waals surface area (Å²) in [4.78, 5) is 6.67. The minimum atomic E-state index is 0.510. The van der Waals surface area contributed by atoms with Gasteiger partial charge in [-0.1, -0.05) is 29.8 Å². The van der Waals surface area contributed by atoms with Gasteiger partial charge in [0.1, 0.15) is 5.82 Å². The second-order valence-electron chi connectivity index (χ2n) is 4.96. The highest BCUT2D eigenvalue weighted by atomic mass is 35.5. The van der Waals surface area contributed by atoms with Gasteiger partial charge < -0.3 is 4.90 Å². The molecule has 2 rings (SSSR count). The molecular weight excluding hydrogens is 256 g/mol. The number of anilines is 1. The first-order valence-electron chi connectivity index (χ1n) is 6.38. The zero-order valence-corrected chi connectivity index (χ0v) is 12.4. The van der Waals surface area contributed by atoms with Crippen molar-refractivity contribution in [3.63, 3.8) is 0 Å². The monoisotopic (exact) mass is 274 g/mol. The average molecular weight is 275 g/mol. The van der Waals surface area contributed by atoms with Gasteiger partial charge in [-0.2, -0.15) is 0 Å². The molecule has 2 aromatic rings. The second kappa shape index (κ2) is 6.07. The number of halogens is 1. The summed E-state index contributed by atoms with van der Waals surface area (Å²) in [6.45, 7) is 5.03. The number of hydrogen-bond donors (Lipinski definition) is 0. The van der Waals surface area contributed by atoms with Gasteiger partial charge in [0.25, 0.3) is 0 Å². The van der Waals surface area contributed by atoms with Crippen molar-refractivity contribution in [3.05, 3.63) is 58.8 Å². The molecule has 0 aliphatic carbocycles. The standard InChI is InChI=1S/C16H19ClN2/c1-12-4-6-14(7-5-12)11-19(3)16-13(2)8-15(9-17)10-18-16/h4-8,10H,9,11H2,1-3H3. The average Bonchev–Trinajstić information content (AvgIpc) is 2.41. The van der Waals surface area contributed by atoms with Gasteiger partial charge >= 0.3 is 0 Å². The molecule has 100 valence electrons. The van der Waals surface area contributed by atoms with Crippen LogP contribution < -0.4 is 4.90 Å². The molecule has 0 unspecified atom stereocenters. The van der Waals surface area contributed by atoms with Crippen molar-refractivity contribution in [2.75, 3.05) is 11.9 Å². The summed E-state index contributed by atoms with van der Waals surface area (Å²) in [5.74, 6) is 1.52. The minimum Gasteiger partial charge on any atom is -0.355 e. The van der Waals surface area contributed by atoms with E-state index in [1.807, 2.05) is 6.20 Å². The maximum Gasteiger partial charge on any atom is 0.131 e. The summed E-state index contributed by atoms with van der Waals surface area (Å²) in [6, 6.07) is 10.7. The maximum atomic E-state index is 5.82. The van der Waals surface area contributed by atoms with E-state index in [4.69, 9.17) is 11.6 Å². The lowest BCUT2D eigenvalue weighted by atomic mass is 10.1. The van der Waals surface area contributed by atoms with Gasteiger partial charge in [0, 0.05) is 25.7 Å². The first-order chi connectivity index (χ1) is 9.10. The lowest BCUT2D eigenvalue weighted by molar-refractivity contribution is 0.888. The number of hydrogen-bond acceptors (Lipinski definition) is 2. The molecule has 0 amide bonds. The molecule has 0 aliphatic rings. The third-order valence-electron chi connectivity index (χ3n) is 3.16. The normalized spacial score (nSPS) is 10.5. The topological polar surface area (TPSA) is 16.1 Å². The van der Waals surface area contributed by atoms with Crippen molar-refractivity contribution >= 4 is 17.4 Å². The Morgan fingerprint density at radius 2 is 1.79 bits per heavy atom. The van der Waals surface area contributed by atoms with Gasteiger partial charge in [0.15, 0.2) is 0 Å². The minimum absolute atomic E-state index is 0.510. The Morgan fingerprint density at radius 1 is 1.11 bits per heavy atom. The predicted octanol–water partition coefficient (Wildman–Crippen LogP) is 4.07. The van der Waals surface area contributed by atoms with Crippen LogP contribution in [0.4, 0.5) is 5.82 Å². The zero-order chi connectivity index (χ0) is 13.8. The molecular formula is C16H19ClN2. The number of aryl methyl sites for hydroxylation is 2. The van der Waals surface area contributed by atoms with E-state index >= 15 is 0 Å². The Labute approximate surface area is 120 Å². The molecule has 0 bridgehead atoms. The number of alkyl halides is 1. The summed E-state index contributed by atoms with van der Waals surface area (Å²) in [7, 11) is 2.07. The van der Waals surface area contributed by atoms with Crippen molar-refractivity contribution in [1.82, 2.24) is 4.98 Å². The number of pyridine rings is 1. The lowest BCUT2D eigenvalue weighted by Gasteiger charge is -2.20. The summed E-state index contributed by atoms with van der Waals surface area (Å²) < 4.78 is 0. The first kappa shape index (κ1) is 13.9. The van der Waals surface area contributed by atoms with Gasteiger partial charge in [-0.05, 0) is 36.6 Å². The van der Waals surface area contributed by atoms with Gasteiger partial charge in [-0.15, -0.1) is 11.6 Å². The molecule has 1 aromatic carbocycles. The molecule has 1 aromatic heterocycles. The molecule has 0 atom stereocenters. The highest BCUT2D eigenvalue weighted by molar-refractivity contribution is 6.17. The summed E-state index contributed by atoms with van der Waals surface area (Å²) in [5.41, 5.74) is 4.79. The molecule has 3 heteroatoms. The van der Waals surface area contributed by atoms with Crippen LogP contribution in [0.3, 0.4) is 0 Å². The van der Waals surface area contributed by atoms with E-state index in [0.717, 1.165) is 23.5 Å². The fourth-order valence-corrected chi connectivity index (χ4v) is 2.29. The molecule has 0 saturated heterocycles. The third kappa shape index (κ3) is 3.48. The summed E-state index contributed by atoms with van der Waals surface area (Å²) in [5, 5.41) is 0. The quantitative estimate of drug-likeness (QED) is 0.781. The van der Waals surface area contributed by atoms with E-state index < -0.39 is 0 Å². The van der Waals surface area contributed by atoms with Gasteiger partial charge in [0.05, 0.1) is 0 Å². The van der Waals surface area contributed by atoms with Crippen LogP contribution in [0.25, 0.3) is 0 Å². The van der Waals surface area contributed by atoms with Crippen LogP contribution in [-0.2, 0) is 12.4 Å². The molecule has 0 saturated carbocycles. The van der Waals surface area contributed by atoms with Crippen LogP contribution in [0.15, 0.2) is 36.5 Å². The SMILES string of the molecule is Cc1ccc(CN(C)c2ncc(CCl)cc2C)cc1. The van der Waals surface area contributed by atoms with Crippen LogP contribution >= 0.6 is 11.6 Å². The van der Waals surface area contributed by atoms with Crippen molar-refractivity contribution in [3.8, 4) is 0 Å². The number of rotatable bonds is 4. The van der Waals surface area contributed by atoms with E-state index in [1.165, 1.54) is 11.1 Å². The number of benzene rings is 1. The zero-order valence-electron chi connectivity index (χ0n) is 11.7. The molecule has 0 fully saturated rings. The van der Waals surface area contributed by atoms with Gasteiger partial charge in [-0.3, -0.25) is 0 Å². The predicted molar refractivity (Wildman–Crippen MR) is 81.8 cm³/mol. The number of aromatic nitrogens is 1. The Kier molecular flexibility index (Phi) is 4.43. The van der Waals surface area contributed by atoms with E-state index in [1.54, 1.807) is 0 Å². The fraction of sp³-hybridized carbons (Fsp3) is 0.312. The van der Waals surface area contributed by atoms with Crippen LogP contribution in [0, 0.1) is 13.8 Å². The molecule has 1 heterocycles. The molecule has 0 spiro atoms. The Hall–Kier alpha value is -1.54. The second-order valence-corrected chi connectivity index (χ2v) is 5.23. The van der Waals surface area contributed by atoms with Crippen molar-refractivity contribution in [2.45, 2.75) is 26.3 Å². The van der Waals surface area contributed by atoms with Crippen LogP contribution in [0.5, 0.6) is 0 Å². The molecule has 0 N–H and O–H groups in total. The van der Waals surface area contributed by atoms with E-state index in [2.05, 4.69) is 61.1 Å². The van der Waals surface area contributed by atoms with Crippen LogP contribution in [0.1, 0.15) is 22.3 Å². The summed E-state index contributed by atoms with van der Waals surface area (Å²) in [6.07, 6.45) is 1.85. The number of nitrogens with zero attached hydrogens (tertiary/aromatic N) is 2. The molecule has 0 aliphatic heterocycles. The largest absolute Gasteiger partial charge is 0.355 e. The molecule has 0 radical (unpaired) electrons. The van der Waals surface area contributed by atoms with E-state index in [0.29, 0.717) is 5.88 Å². The van der Waals surface area contributed by atoms with Crippen molar-refractivity contribution in [1.29, 1.82) is 0 Å². The van der Waals surface area contributed by atoms with Gasteiger partial charge in [0.2, 0.25) is 0 Å². The van der Waals surface area contributed by atoms with E-state index in [9.17, 15) is 0 Å². The molecule has 19 heavy (non-hydrogen) atoms. The van der Waals surface area contributed by atoms with Crippen LogP contribution in [-0.4, -0.2) is 12.0 Å². The maximum absolute atomic E-state index is 5.82. The van der Waals surface area contributed by atoms with Gasteiger partial charge in [-0.25, -0.2) is 4.98 Å². The summed E-state index contributed by atoms with van der Waals surface area (Å²) >= 11 is 5.82. The highest BCUT2D eigenvalue weighted by Crippen LogP contribution is 2.19. The molecule has 2 nitrogen and oxygen atoms in total. The Morgan fingerprint density at radius 3 is 2.37 bits per heavy atom. The first-order valence-corrected chi connectivity index (χ1v) is 6.92. The third-order valence-corrected chi connectivity index (χ3v) is 3.47.